The van der Waals surface area contributed by atoms with Crippen LogP contribution in [0.25, 0.3) is 0 Å². The molecule has 110 valence electrons. The van der Waals surface area contributed by atoms with E-state index in [1.807, 2.05) is 18.2 Å². The summed E-state index contributed by atoms with van der Waals surface area (Å²) in [7, 11) is 0. The number of aliphatic hydroxyl groups is 1. The van der Waals surface area contributed by atoms with E-state index >= 15 is 0 Å². The second kappa shape index (κ2) is 5.96. The molecule has 1 aromatic carbocycles. The third-order valence-corrected chi connectivity index (χ3v) is 4.25. The van der Waals surface area contributed by atoms with Crippen molar-refractivity contribution in [2.45, 2.75) is 52.2 Å². The molecule has 1 aromatic rings. The molecule has 0 aliphatic heterocycles. The van der Waals surface area contributed by atoms with Crippen LogP contribution < -0.4 is 0 Å². The fourth-order valence-electron chi connectivity index (χ4n) is 2.82. The molecule has 3 heteroatoms. The number of ether oxygens (including phenoxy) is 1. The molecule has 0 heterocycles. The average molecular weight is 276 g/mol. The maximum Gasteiger partial charge on any atom is 0.338 e. The van der Waals surface area contributed by atoms with Crippen LogP contribution in [0, 0.1) is 11.3 Å². The van der Waals surface area contributed by atoms with Gasteiger partial charge in [-0.15, -0.1) is 0 Å². The van der Waals surface area contributed by atoms with Gasteiger partial charge in [0.25, 0.3) is 0 Å². The van der Waals surface area contributed by atoms with Crippen molar-refractivity contribution in [1.82, 2.24) is 0 Å². The minimum atomic E-state index is -0.555. The highest BCUT2D eigenvalue weighted by Crippen LogP contribution is 2.38. The lowest BCUT2D eigenvalue weighted by molar-refractivity contribution is -0.0594. The average Bonchev–Trinajstić information content (AvgIpc) is 2.41. The van der Waals surface area contributed by atoms with Crippen molar-refractivity contribution in [3.63, 3.8) is 0 Å². The van der Waals surface area contributed by atoms with Gasteiger partial charge in [0, 0.05) is 0 Å². The Morgan fingerprint density at radius 3 is 2.40 bits per heavy atom. The quantitative estimate of drug-likeness (QED) is 0.842. The van der Waals surface area contributed by atoms with E-state index in [1.54, 1.807) is 12.1 Å². The Kier molecular flexibility index (Phi) is 4.48. The molecular weight excluding hydrogens is 252 g/mol. The highest BCUT2D eigenvalue weighted by atomic mass is 16.6. The SMILES string of the molecule is CC(C)(C)C1CCC(OC(=O)c2ccccc2)[C@@H](O)C1. The zero-order valence-corrected chi connectivity index (χ0v) is 12.5. The van der Waals surface area contributed by atoms with Gasteiger partial charge in [-0.25, -0.2) is 4.79 Å². The molecule has 1 saturated carbocycles. The molecular formula is C17H24O3. The van der Waals surface area contributed by atoms with E-state index < -0.39 is 6.10 Å². The number of carbonyl (C=O) groups is 1. The molecule has 0 saturated heterocycles. The van der Waals surface area contributed by atoms with Crippen molar-refractivity contribution >= 4 is 5.97 Å². The van der Waals surface area contributed by atoms with Crippen LogP contribution in [0.15, 0.2) is 30.3 Å². The van der Waals surface area contributed by atoms with Crippen molar-refractivity contribution in [2.75, 3.05) is 0 Å². The smallest absolute Gasteiger partial charge is 0.338 e. The first-order valence-electron chi connectivity index (χ1n) is 7.32. The highest BCUT2D eigenvalue weighted by molar-refractivity contribution is 5.89. The van der Waals surface area contributed by atoms with Crippen LogP contribution in [0.2, 0.25) is 0 Å². The van der Waals surface area contributed by atoms with E-state index in [0.29, 0.717) is 17.9 Å². The van der Waals surface area contributed by atoms with Gasteiger partial charge < -0.3 is 9.84 Å². The predicted molar refractivity (Wildman–Crippen MR) is 78.4 cm³/mol. The molecule has 2 rings (SSSR count). The molecule has 2 unspecified atom stereocenters. The van der Waals surface area contributed by atoms with Crippen LogP contribution in [0.3, 0.4) is 0 Å². The van der Waals surface area contributed by atoms with Crippen LogP contribution in [-0.4, -0.2) is 23.3 Å². The van der Waals surface area contributed by atoms with Gasteiger partial charge in [0.2, 0.25) is 0 Å². The number of benzene rings is 1. The normalized spacial score (nSPS) is 27.1. The van der Waals surface area contributed by atoms with Gasteiger partial charge in [-0.3, -0.25) is 0 Å². The summed E-state index contributed by atoms with van der Waals surface area (Å²) < 4.78 is 5.46. The largest absolute Gasteiger partial charge is 0.456 e. The second-order valence-corrected chi connectivity index (χ2v) is 6.75. The number of aliphatic hydroxyl groups excluding tert-OH is 1. The third-order valence-electron chi connectivity index (χ3n) is 4.25. The lowest BCUT2D eigenvalue weighted by atomic mass is 9.71. The first kappa shape index (κ1) is 15.0. The van der Waals surface area contributed by atoms with E-state index in [4.69, 9.17) is 4.74 Å². The van der Waals surface area contributed by atoms with Crippen molar-refractivity contribution in [3.8, 4) is 0 Å². The number of esters is 1. The maximum absolute atomic E-state index is 12.0. The molecule has 0 amide bonds. The van der Waals surface area contributed by atoms with Crippen LogP contribution in [0.4, 0.5) is 0 Å². The number of rotatable bonds is 2. The minimum absolute atomic E-state index is 0.190. The first-order valence-corrected chi connectivity index (χ1v) is 7.32. The second-order valence-electron chi connectivity index (χ2n) is 6.75. The fourth-order valence-corrected chi connectivity index (χ4v) is 2.82. The zero-order chi connectivity index (χ0) is 14.8. The Labute approximate surface area is 121 Å². The van der Waals surface area contributed by atoms with Gasteiger partial charge >= 0.3 is 5.97 Å². The number of hydrogen-bond donors (Lipinski definition) is 1. The topological polar surface area (TPSA) is 46.5 Å². The molecule has 3 atom stereocenters. The Bertz CT molecular complexity index is 447. The molecule has 1 aliphatic rings. The molecule has 0 aromatic heterocycles. The molecule has 3 nitrogen and oxygen atoms in total. The zero-order valence-electron chi connectivity index (χ0n) is 12.5. The molecule has 1 aliphatic carbocycles. The third kappa shape index (κ3) is 3.60. The summed E-state index contributed by atoms with van der Waals surface area (Å²) in [6.07, 6.45) is 1.51. The molecule has 1 fully saturated rings. The molecule has 1 N–H and O–H groups in total. The van der Waals surface area contributed by atoms with Gasteiger partial charge in [-0.1, -0.05) is 39.0 Å². The summed E-state index contributed by atoms with van der Waals surface area (Å²) in [5.74, 6) is 0.132. The lowest BCUT2D eigenvalue weighted by Crippen LogP contribution is -2.40. The Balaban J connectivity index is 1.94. The van der Waals surface area contributed by atoms with E-state index in [2.05, 4.69) is 20.8 Å². The highest BCUT2D eigenvalue weighted by Gasteiger charge is 2.36. The lowest BCUT2D eigenvalue weighted by Gasteiger charge is -2.39. The molecule has 0 radical (unpaired) electrons. The fraction of sp³-hybridized carbons (Fsp3) is 0.588. The Morgan fingerprint density at radius 1 is 1.20 bits per heavy atom. The van der Waals surface area contributed by atoms with E-state index in [0.717, 1.165) is 12.8 Å². The molecule has 20 heavy (non-hydrogen) atoms. The molecule has 0 spiro atoms. The van der Waals surface area contributed by atoms with Gasteiger partial charge in [-0.2, -0.15) is 0 Å². The predicted octanol–water partition coefficient (Wildman–Crippen LogP) is 3.42. The summed E-state index contributed by atoms with van der Waals surface area (Å²) in [5, 5.41) is 10.2. The van der Waals surface area contributed by atoms with Crippen LogP contribution in [-0.2, 0) is 4.74 Å². The summed E-state index contributed by atoms with van der Waals surface area (Å²) >= 11 is 0. The van der Waals surface area contributed by atoms with Crippen LogP contribution in [0.1, 0.15) is 50.4 Å². The van der Waals surface area contributed by atoms with Crippen molar-refractivity contribution in [1.29, 1.82) is 0 Å². The number of carbonyl (C=O) groups excluding carboxylic acids is 1. The minimum Gasteiger partial charge on any atom is -0.456 e. The van der Waals surface area contributed by atoms with E-state index in [-0.39, 0.29) is 17.5 Å². The van der Waals surface area contributed by atoms with Gasteiger partial charge in [0.1, 0.15) is 6.10 Å². The van der Waals surface area contributed by atoms with Gasteiger partial charge in [-0.05, 0) is 42.7 Å². The standard InChI is InChI=1S/C17H24O3/c1-17(2,3)13-9-10-15(14(18)11-13)20-16(19)12-7-5-4-6-8-12/h4-8,13-15,18H,9-11H2,1-3H3/t13?,14-,15?/m0/s1. The monoisotopic (exact) mass is 276 g/mol. The van der Waals surface area contributed by atoms with Gasteiger partial charge in [0.05, 0.1) is 11.7 Å². The first-order chi connectivity index (χ1) is 9.38. The van der Waals surface area contributed by atoms with Crippen LogP contribution >= 0.6 is 0 Å². The summed E-state index contributed by atoms with van der Waals surface area (Å²) in [6.45, 7) is 6.59. The number of hydrogen-bond acceptors (Lipinski definition) is 3. The molecule has 0 bridgehead atoms. The summed E-state index contributed by atoms with van der Waals surface area (Å²) in [4.78, 5) is 12.0. The van der Waals surface area contributed by atoms with Gasteiger partial charge in [0.15, 0.2) is 0 Å². The van der Waals surface area contributed by atoms with Crippen molar-refractivity contribution < 1.29 is 14.6 Å². The summed E-state index contributed by atoms with van der Waals surface area (Å²) in [5.41, 5.74) is 0.729. The maximum atomic E-state index is 12.0. The van der Waals surface area contributed by atoms with E-state index in [9.17, 15) is 9.90 Å². The Morgan fingerprint density at radius 2 is 1.85 bits per heavy atom. The van der Waals surface area contributed by atoms with Crippen molar-refractivity contribution in [2.24, 2.45) is 11.3 Å². The summed E-state index contributed by atoms with van der Waals surface area (Å²) in [6, 6.07) is 8.94. The van der Waals surface area contributed by atoms with E-state index in [1.165, 1.54) is 0 Å². The Hall–Kier alpha value is -1.35. The van der Waals surface area contributed by atoms with Crippen molar-refractivity contribution in [3.05, 3.63) is 35.9 Å². The van der Waals surface area contributed by atoms with Crippen LogP contribution in [0.5, 0.6) is 0 Å².